The summed E-state index contributed by atoms with van der Waals surface area (Å²) in [6.45, 7) is 6.06. The van der Waals surface area contributed by atoms with Crippen LogP contribution in [0.3, 0.4) is 0 Å². The van der Waals surface area contributed by atoms with Gasteiger partial charge in [0, 0.05) is 0 Å². The SMILES string of the molecule is CC(C)(C(=O)N(C(=O)CC(N)=O)C(=O)C(C)(C)C(Br)(Br)Br)C(Br)(Br)Br. The number of nitrogens with zero attached hydrogens (tertiary/aromatic N) is 1. The molecule has 25 heavy (non-hydrogen) atoms. The maximum absolute atomic E-state index is 13.0. The van der Waals surface area contributed by atoms with E-state index in [1.165, 1.54) is 27.7 Å². The Morgan fingerprint density at radius 1 is 0.760 bits per heavy atom. The maximum Gasteiger partial charge on any atom is 0.245 e. The zero-order chi connectivity index (χ0) is 20.6. The van der Waals surface area contributed by atoms with Gasteiger partial charge in [-0.1, -0.05) is 95.6 Å². The van der Waals surface area contributed by atoms with E-state index in [-0.39, 0.29) is 0 Å². The standard InChI is InChI=1S/C13H16Br6N2O4/c1-10(2,12(14,15)16)8(24)21(7(23)5-6(20)22)9(25)11(3,4)13(17,18)19/h5H2,1-4H3,(H2,20,22). The van der Waals surface area contributed by atoms with Gasteiger partial charge in [-0.25, -0.2) is 4.90 Å². The number of nitrogens with two attached hydrogens (primary N) is 1. The van der Waals surface area contributed by atoms with Crippen molar-refractivity contribution in [3.63, 3.8) is 0 Å². The number of halogens is 6. The van der Waals surface area contributed by atoms with Crippen LogP contribution < -0.4 is 5.73 Å². The van der Waals surface area contributed by atoms with Gasteiger partial charge in [0.2, 0.25) is 23.6 Å². The first-order valence-corrected chi connectivity index (χ1v) is 11.4. The molecule has 0 saturated carbocycles. The highest BCUT2D eigenvalue weighted by molar-refractivity contribution is 9.39. The number of imide groups is 3. The number of primary amides is 1. The molecular formula is C13H16Br6N2O4. The highest BCUT2D eigenvalue weighted by atomic mass is 80.0. The van der Waals surface area contributed by atoms with Crippen LogP contribution >= 0.6 is 95.6 Å². The van der Waals surface area contributed by atoms with Gasteiger partial charge in [-0.05, 0) is 27.7 Å². The lowest BCUT2D eigenvalue weighted by atomic mass is 9.90. The Kier molecular flexibility index (Phi) is 9.07. The smallest absolute Gasteiger partial charge is 0.245 e. The summed E-state index contributed by atoms with van der Waals surface area (Å²) in [6.07, 6.45) is -0.774. The van der Waals surface area contributed by atoms with Gasteiger partial charge >= 0.3 is 0 Å². The van der Waals surface area contributed by atoms with Crippen LogP contribution in [0.5, 0.6) is 0 Å². The molecule has 4 amide bonds. The number of carbonyl (C=O) groups excluding carboxylic acids is 4. The van der Waals surface area contributed by atoms with Crippen molar-refractivity contribution in [3.8, 4) is 0 Å². The molecule has 0 spiro atoms. The Morgan fingerprint density at radius 2 is 1.04 bits per heavy atom. The van der Waals surface area contributed by atoms with Gasteiger partial charge in [-0.15, -0.1) is 0 Å². The zero-order valence-electron chi connectivity index (χ0n) is 13.6. The number of alkyl halides is 6. The monoisotopic (exact) mass is 738 g/mol. The second-order valence-electron chi connectivity index (χ2n) is 6.23. The van der Waals surface area contributed by atoms with E-state index in [0.29, 0.717) is 4.90 Å². The summed E-state index contributed by atoms with van der Waals surface area (Å²) in [6, 6.07) is 0. The molecule has 0 aliphatic carbocycles. The molecule has 2 N–H and O–H groups in total. The molecule has 12 heteroatoms. The van der Waals surface area contributed by atoms with E-state index >= 15 is 0 Å². The Morgan fingerprint density at radius 3 is 1.24 bits per heavy atom. The fourth-order valence-electron chi connectivity index (χ4n) is 1.35. The third kappa shape index (κ3) is 6.07. The molecule has 144 valence electrons. The molecule has 0 bridgehead atoms. The lowest BCUT2D eigenvalue weighted by Gasteiger charge is -2.40. The summed E-state index contributed by atoms with van der Waals surface area (Å²) in [5, 5.41) is 0. The van der Waals surface area contributed by atoms with Crippen molar-refractivity contribution in [2.24, 2.45) is 16.6 Å². The minimum Gasteiger partial charge on any atom is -0.369 e. The summed E-state index contributed by atoms with van der Waals surface area (Å²) in [5.74, 6) is -3.59. The third-order valence-corrected chi connectivity index (χ3v) is 9.42. The van der Waals surface area contributed by atoms with Crippen LogP contribution in [-0.2, 0) is 19.2 Å². The fourth-order valence-corrected chi connectivity index (χ4v) is 2.37. The summed E-state index contributed by atoms with van der Waals surface area (Å²) in [4.78, 5) is 50.2. The van der Waals surface area contributed by atoms with Crippen LogP contribution in [0.15, 0.2) is 0 Å². The van der Waals surface area contributed by atoms with Crippen LogP contribution in [-0.4, -0.2) is 32.8 Å². The Bertz CT molecular complexity index is 554. The van der Waals surface area contributed by atoms with Crippen molar-refractivity contribution in [2.45, 2.75) is 38.4 Å². The Balaban J connectivity index is 6.25. The summed E-state index contributed by atoms with van der Waals surface area (Å²) < 4.78 is -2.19. The van der Waals surface area contributed by atoms with E-state index < -0.39 is 45.2 Å². The molecule has 0 aliphatic heterocycles. The Hall–Kier alpha value is 1.16. The zero-order valence-corrected chi connectivity index (χ0v) is 23.1. The van der Waals surface area contributed by atoms with Crippen molar-refractivity contribution < 1.29 is 19.2 Å². The molecule has 0 fully saturated rings. The van der Waals surface area contributed by atoms with Crippen molar-refractivity contribution in [3.05, 3.63) is 0 Å². The molecule has 0 atom stereocenters. The first-order chi connectivity index (χ1) is 10.8. The predicted octanol–water partition coefficient (Wildman–Crippen LogP) is 4.47. The molecule has 0 aromatic carbocycles. The lowest BCUT2D eigenvalue weighted by Crippen LogP contribution is -2.57. The van der Waals surface area contributed by atoms with Gasteiger partial charge in [0.25, 0.3) is 0 Å². The number of hydrogen-bond donors (Lipinski definition) is 1. The van der Waals surface area contributed by atoms with E-state index in [0.717, 1.165) is 0 Å². The van der Waals surface area contributed by atoms with Gasteiger partial charge in [-0.2, -0.15) is 0 Å². The normalized spacial score (nSPS) is 13.4. The summed E-state index contributed by atoms with van der Waals surface area (Å²) in [7, 11) is 0. The third-order valence-electron chi connectivity index (χ3n) is 3.47. The second-order valence-corrected chi connectivity index (χ2v) is 19.7. The van der Waals surface area contributed by atoms with E-state index in [4.69, 9.17) is 5.73 Å². The first-order valence-electron chi connectivity index (χ1n) is 6.62. The summed E-state index contributed by atoms with van der Waals surface area (Å²) in [5.41, 5.74) is 2.47. The van der Waals surface area contributed by atoms with Crippen molar-refractivity contribution in [2.75, 3.05) is 0 Å². The first kappa shape index (κ1) is 26.2. The number of amides is 4. The topological polar surface area (TPSA) is 97.5 Å². The molecule has 0 aliphatic rings. The van der Waals surface area contributed by atoms with Crippen molar-refractivity contribution in [1.82, 2.24) is 4.90 Å². The van der Waals surface area contributed by atoms with Crippen LogP contribution in [0, 0.1) is 10.8 Å². The van der Waals surface area contributed by atoms with E-state index in [1.807, 2.05) is 0 Å². The molecule has 0 saturated heterocycles. The molecule has 0 unspecified atom stereocenters. The van der Waals surface area contributed by atoms with Crippen molar-refractivity contribution in [1.29, 1.82) is 0 Å². The van der Waals surface area contributed by atoms with Crippen LogP contribution in [0.2, 0.25) is 0 Å². The largest absolute Gasteiger partial charge is 0.369 e. The molecule has 0 heterocycles. The lowest BCUT2D eigenvalue weighted by molar-refractivity contribution is -0.162. The van der Waals surface area contributed by atoms with Crippen LogP contribution in [0.4, 0.5) is 0 Å². The highest BCUT2D eigenvalue weighted by Crippen LogP contribution is 2.52. The molecular weight excluding hydrogens is 728 g/mol. The van der Waals surface area contributed by atoms with Crippen molar-refractivity contribution >= 4 is 119 Å². The number of carbonyl (C=O) groups is 4. The number of hydrogen-bond acceptors (Lipinski definition) is 4. The average Bonchev–Trinajstić information content (AvgIpc) is 2.34. The van der Waals surface area contributed by atoms with Gasteiger partial charge in [0.15, 0.2) is 0 Å². The van der Waals surface area contributed by atoms with E-state index in [1.54, 1.807) is 0 Å². The predicted molar refractivity (Wildman–Crippen MR) is 117 cm³/mol. The second kappa shape index (κ2) is 8.67. The molecule has 0 radical (unpaired) electrons. The number of rotatable bonds is 4. The van der Waals surface area contributed by atoms with Gasteiger partial charge < -0.3 is 5.73 Å². The summed E-state index contributed by atoms with van der Waals surface area (Å²) >= 11 is 19.5. The minimum absolute atomic E-state index is 0.460. The maximum atomic E-state index is 13.0. The molecule has 6 nitrogen and oxygen atoms in total. The van der Waals surface area contributed by atoms with Crippen LogP contribution in [0.25, 0.3) is 0 Å². The fraction of sp³-hybridized carbons (Fsp3) is 0.692. The average molecular weight is 744 g/mol. The minimum atomic E-state index is -1.29. The van der Waals surface area contributed by atoms with Crippen LogP contribution in [0.1, 0.15) is 34.1 Å². The molecule has 0 aromatic heterocycles. The molecule has 0 aromatic rings. The van der Waals surface area contributed by atoms with Gasteiger partial charge in [0.1, 0.15) is 10.7 Å². The van der Waals surface area contributed by atoms with Gasteiger partial charge in [0.05, 0.1) is 10.8 Å². The quantitative estimate of drug-likeness (QED) is 0.340. The van der Waals surface area contributed by atoms with Gasteiger partial charge in [-0.3, -0.25) is 19.2 Å². The van der Waals surface area contributed by atoms with E-state index in [9.17, 15) is 19.2 Å². The van der Waals surface area contributed by atoms with E-state index in [2.05, 4.69) is 95.6 Å². The molecule has 0 rings (SSSR count). The highest BCUT2D eigenvalue weighted by Gasteiger charge is 2.55. The Labute approximate surface area is 196 Å².